The summed E-state index contributed by atoms with van der Waals surface area (Å²) in [4.78, 5) is 30.9. The number of nitrogens with zero attached hydrogens (tertiary/aromatic N) is 2. The van der Waals surface area contributed by atoms with Crippen molar-refractivity contribution in [3.05, 3.63) is 40.9 Å². The summed E-state index contributed by atoms with van der Waals surface area (Å²) in [5, 5.41) is 26.6. The average molecular weight is 406 g/mol. The quantitative estimate of drug-likeness (QED) is 0.525. The number of phenolic OH excluding ortho intramolecular Hbond substituents is 1. The molecule has 1 aromatic carbocycles. The van der Waals surface area contributed by atoms with Crippen LogP contribution < -0.4 is 10.6 Å². The summed E-state index contributed by atoms with van der Waals surface area (Å²) in [5.74, 6) is -1.17. The minimum Gasteiger partial charge on any atom is -0.508 e. The van der Waals surface area contributed by atoms with Crippen molar-refractivity contribution in [1.29, 1.82) is 0 Å². The number of benzene rings is 1. The van der Waals surface area contributed by atoms with Crippen LogP contribution in [0.2, 0.25) is 0 Å². The average Bonchev–Trinajstić information content (AvgIpc) is 3.19. The number of carbonyl (C=O) groups excluding carboxylic acids is 2. The molecule has 4 N–H and O–H groups in total. The van der Waals surface area contributed by atoms with Gasteiger partial charge in [-0.3, -0.25) is 14.5 Å². The number of aliphatic hydroxyl groups excluding tert-OH is 1. The van der Waals surface area contributed by atoms with Crippen molar-refractivity contribution < 1.29 is 24.5 Å². The van der Waals surface area contributed by atoms with E-state index >= 15 is 0 Å². The normalized spacial score (nSPS) is 15.8. The van der Waals surface area contributed by atoms with Gasteiger partial charge in [0.1, 0.15) is 11.8 Å². The largest absolute Gasteiger partial charge is 0.508 e. The zero-order chi connectivity index (χ0) is 19.9. The summed E-state index contributed by atoms with van der Waals surface area (Å²) in [6, 6.07) is 3.45. The monoisotopic (exact) mass is 406 g/mol. The smallest absolute Gasteiger partial charge is 0.252 e. The Labute approximate surface area is 166 Å². The van der Waals surface area contributed by atoms with Gasteiger partial charge < -0.3 is 25.6 Å². The number of hydrogen-bond donors (Lipinski definition) is 4. The van der Waals surface area contributed by atoms with Gasteiger partial charge in [0, 0.05) is 36.8 Å². The molecule has 2 heterocycles. The lowest BCUT2D eigenvalue weighted by atomic mass is 10.1. The molecule has 1 fully saturated rings. The van der Waals surface area contributed by atoms with E-state index in [0.29, 0.717) is 24.9 Å². The number of aromatic hydroxyl groups is 1. The Morgan fingerprint density at radius 3 is 2.75 bits per heavy atom. The van der Waals surface area contributed by atoms with Gasteiger partial charge >= 0.3 is 0 Å². The zero-order valence-electron chi connectivity index (χ0n) is 15.1. The number of nitrogens with one attached hydrogen (secondary N) is 2. The number of anilines is 1. The molecule has 150 valence electrons. The van der Waals surface area contributed by atoms with E-state index < -0.39 is 24.5 Å². The maximum atomic E-state index is 12.6. The van der Waals surface area contributed by atoms with Crippen molar-refractivity contribution in [2.24, 2.45) is 0 Å². The van der Waals surface area contributed by atoms with Crippen molar-refractivity contribution in [2.45, 2.75) is 12.6 Å². The lowest BCUT2D eigenvalue weighted by molar-refractivity contribution is -0.118. The molecule has 1 aliphatic heterocycles. The van der Waals surface area contributed by atoms with E-state index in [9.17, 15) is 19.8 Å². The number of aromatic nitrogens is 1. The second-order valence-electron chi connectivity index (χ2n) is 6.31. The first-order chi connectivity index (χ1) is 13.5. The number of hydrogen-bond acceptors (Lipinski definition) is 8. The maximum absolute atomic E-state index is 12.6. The fraction of sp³-hybridized carbons (Fsp3) is 0.389. The summed E-state index contributed by atoms with van der Waals surface area (Å²) in [5.41, 5.74) is 0.989. The third kappa shape index (κ3) is 5.49. The molecule has 2 amide bonds. The highest BCUT2D eigenvalue weighted by atomic mass is 32.1. The topological polar surface area (TPSA) is 124 Å². The summed E-state index contributed by atoms with van der Waals surface area (Å²) >= 11 is 1.23. The molecule has 0 aliphatic carbocycles. The van der Waals surface area contributed by atoms with Crippen molar-refractivity contribution in [3.8, 4) is 5.75 Å². The summed E-state index contributed by atoms with van der Waals surface area (Å²) in [6.45, 7) is 2.87. The Balaban J connectivity index is 1.65. The Morgan fingerprint density at radius 2 is 2.07 bits per heavy atom. The maximum Gasteiger partial charge on any atom is 0.252 e. The van der Waals surface area contributed by atoms with E-state index in [1.807, 2.05) is 0 Å². The standard InChI is InChI=1S/C18H22N4O5S/c23-11-15(17(26)21-18-19-1-6-28-18)20-16(25)13-7-12(8-14(24)9-13)10-22-2-4-27-5-3-22/h1,6-9,15,23-24H,2-5,10-11H2,(H,20,25)(H,19,21,26)/t15-/m0/s1. The molecule has 1 aromatic heterocycles. The van der Waals surface area contributed by atoms with E-state index in [4.69, 9.17) is 4.74 Å². The van der Waals surface area contributed by atoms with Crippen LogP contribution in [0.25, 0.3) is 0 Å². The number of aliphatic hydroxyl groups is 1. The molecule has 1 aliphatic rings. The van der Waals surface area contributed by atoms with Gasteiger partial charge in [-0.05, 0) is 23.8 Å². The Hall–Kier alpha value is -2.53. The van der Waals surface area contributed by atoms with Crippen LogP contribution in [0.1, 0.15) is 15.9 Å². The molecule has 0 radical (unpaired) electrons. The summed E-state index contributed by atoms with van der Waals surface area (Å²) in [6.07, 6.45) is 1.54. The molecule has 0 bridgehead atoms. The number of rotatable bonds is 7. The fourth-order valence-electron chi connectivity index (χ4n) is 2.83. The first-order valence-corrected chi connectivity index (χ1v) is 9.68. The number of morpholine rings is 1. The second-order valence-corrected chi connectivity index (χ2v) is 7.21. The van der Waals surface area contributed by atoms with Crippen LogP contribution in [0, 0.1) is 0 Å². The third-order valence-electron chi connectivity index (χ3n) is 4.22. The number of amides is 2. The molecule has 3 rings (SSSR count). The molecule has 1 saturated heterocycles. The van der Waals surface area contributed by atoms with E-state index in [2.05, 4.69) is 20.5 Å². The van der Waals surface area contributed by atoms with E-state index in [1.54, 1.807) is 17.5 Å². The van der Waals surface area contributed by atoms with Gasteiger partial charge in [0.2, 0.25) is 0 Å². The number of thiazole rings is 1. The van der Waals surface area contributed by atoms with Crippen LogP contribution in [0.4, 0.5) is 5.13 Å². The number of phenols is 1. The van der Waals surface area contributed by atoms with E-state index in [1.165, 1.54) is 23.6 Å². The highest BCUT2D eigenvalue weighted by Crippen LogP contribution is 2.18. The molecule has 0 unspecified atom stereocenters. The molecular formula is C18H22N4O5S. The van der Waals surface area contributed by atoms with Crippen LogP contribution in [0.3, 0.4) is 0 Å². The first kappa shape index (κ1) is 20.2. The molecule has 0 saturated carbocycles. The third-order valence-corrected chi connectivity index (χ3v) is 4.91. The second kappa shape index (κ2) is 9.60. The Bertz CT molecular complexity index is 808. The van der Waals surface area contributed by atoms with Gasteiger partial charge in [0.25, 0.3) is 11.8 Å². The highest BCUT2D eigenvalue weighted by Gasteiger charge is 2.22. The predicted molar refractivity (Wildman–Crippen MR) is 103 cm³/mol. The Morgan fingerprint density at radius 1 is 1.29 bits per heavy atom. The van der Waals surface area contributed by atoms with Crippen molar-refractivity contribution in [3.63, 3.8) is 0 Å². The Kier molecular flexibility index (Phi) is 6.93. The van der Waals surface area contributed by atoms with Gasteiger partial charge in [-0.15, -0.1) is 11.3 Å². The van der Waals surface area contributed by atoms with Crippen molar-refractivity contribution in [2.75, 3.05) is 38.2 Å². The molecule has 28 heavy (non-hydrogen) atoms. The molecule has 9 nitrogen and oxygen atoms in total. The van der Waals surface area contributed by atoms with Crippen molar-refractivity contribution >= 4 is 28.3 Å². The SMILES string of the molecule is O=C(N[C@@H](CO)C(=O)Nc1nccs1)c1cc(O)cc(CN2CCOCC2)c1. The van der Waals surface area contributed by atoms with Gasteiger partial charge in [-0.25, -0.2) is 4.98 Å². The summed E-state index contributed by atoms with van der Waals surface area (Å²) in [7, 11) is 0. The van der Waals surface area contributed by atoms with Crippen LogP contribution in [0.15, 0.2) is 29.8 Å². The predicted octanol–water partition coefficient (Wildman–Crippen LogP) is 0.410. The number of carbonyl (C=O) groups is 2. The molecule has 1 atom stereocenters. The van der Waals surface area contributed by atoms with Gasteiger partial charge in [0.05, 0.1) is 19.8 Å². The van der Waals surface area contributed by atoms with Gasteiger partial charge in [-0.1, -0.05) is 0 Å². The van der Waals surface area contributed by atoms with Gasteiger partial charge in [0.15, 0.2) is 5.13 Å². The minimum absolute atomic E-state index is 0.0382. The number of ether oxygens (including phenoxy) is 1. The van der Waals surface area contributed by atoms with E-state index in [-0.39, 0.29) is 11.3 Å². The van der Waals surface area contributed by atoms with Crippen LogP contribution in [-0.2, 0) is 16.1 Å². The van der Waals surface area contributed by atoms with Crippen LogP contribution in [0.5, 0.6) is 5.75 Å². The minimum atomic E-state index is -1.14. The van der Waals surface area contributed by atoms with Crippen molar-refractivity contribution in [1.82, 2.24) is 15.2 Å². The lowest BCUT2D eigenvalue weighted by Crippen LogP contribution is -2.46. The van der Waals surface area contributed by atoms with Gasteiger partial charge in [-0.2, -0.15) is 0 Å². The van der Waals surface area contributed by atoms with E-state index in [0.717, 1.165) is 18.7 Å². The summed E-state index contributed by atoms with van der Waals surface area (Å²) < 4.78 is 5.32. The first-order valence-electron chi connectivity index (χ1n) is 8.80. The lowest BCUT2D eigenvalue weighted by Gasteiger charge is -2.26. The highest BCUT2D eigenvalue weighted by molar-refractivity contribution is 7.13. The van der Waals surface area contributed by atoms with Crippen LogP contribution in [-0.4, -0.2) is 70.9 Å². The molecule has 10 heteroatoms. The molecular weight excluding hydrogens is 384 g/mol. The molecule has 2 aromatic rings. The fourth-order valence-corrected chi connectivity index (χ4v) is 3.36. The molecule has 0 spiro atoms. The zero-order valence-corrected chi connectivity index (χ0v) is 15.9. The van der Waals surface area contributed by atoms with Crippen LogP contribution >= 0.6 is 11.3 Å².